The molecule has 0 saturated carbocycles. The fourth-order valence-electron chi connectivity index (χ4n) is 8.70. The number of fused-ring (bicyclic) bond motifs is 11. The molecule has 0 fully saturated rings. The molecule has 12 aromatic rings. The highest BCUT2D eigenvalue weighted by Crippen LogP contribution is 2.43. The number of hydrogen-bond donors (Lipinski definition) is 0. The van der Waals surface area contributed by atoms with Gasteiger partial charge in [-0.15, -0.1) is 11.3 Å². The van der Waals surface area contributed by atoms with Crippen LogP contribution in [0.2, 0.25) is 0 Å². The van der Waals surface area contributed by atoms with Gasteiger partial charge in [-0.05, 0) is 74.8 Å². The Labute approximate surface area is 314 Å². The Bertz CT molecular complexity index is 3520. The first kappa shape index (κ1) is 29.7. The van der Waals surface area contributed by atoms with Gasteiger partial charge in [0.25, 0.3) is 0 Å². The molecule has 54 heavy (non-hydrogen) atoms. The summed E-state index contributed by atoms with van der Waals surface area (Å²) in [5.41, 5.74) is 7.47. The molecule has 0 atom stereocenters. The minimum absolute atomic E-state index is 0.719. The van der Waals surface area contributed by atoms with E-state index in [0.717, 1.165) is 50.0 Å². The highest BCUT2D eigenvalue weighted by Gasteiger charge is 2.20. The van der Waals surface area contributed by atoms with E-state index in [0.29, 0.717) is 0 Å². The molecule has 12 rings (SSSR count). The van der Waals surface area contributed by atoms with Crippen molar-refractivity contribution < 1.29 is 0 Å². The molecule has 0 bridgehead atoms. The van der Waals surface area contributed by atoms with E-state index in [1.807, 2.05) is 11.3 Å². The van der Waals surface area contributed by atoms with Gasteiger partial charge in [0.2, 0.25) is 0 Å². The zero-order chi connectivity index (χ0) is 35.3. The first-order valence-corrected chi connectivity index (χ1v) is 19.1. The molecule has 0 amide bonds. The van der Waals surface area contributed by atoms with Crippen molar-refractivity contribution in [2.45, 2.75) is 0 Å². The summed E-state index contributed by atoms with van der Waals surface area (Å²) in [6, 6.07) is 63.7. The largest absolute Gasteiger partial charge is 0.309 e. The van der Waals surface area contributed by atoms with Crippen molar-refractivity contribution in [3.63, 3.8) is 0 Å². The number of hydrogen-bond acceptors (Lipinski definition) is 3. The van der Waals surface area contributed by atoms with Crippen LogP contribution in [-0.2, 0) is 0 Å². The molecule has 0 saturated heterocycles. The summed E-state index contributed by atoms with van der Waals surface area (Å²) in [5, 5.41) is 13.3. The average molecular weight is 704 g/mol. The number of para-hydroxylation sites is 1. The van der Waals surface area contributed by atoms with E-state index in [-0.39, 0.29) is 0 Å². The summed E-state index contributed by atoms with van der Waals surface area (Å²) < 4.78 is 4.97. The Hall–Kier alpha value is -6.88. The monoisotopic (exact) mass is 703 g/mol. The van der Waals surface area contributed by atoms with Gasteiger partial charge in [-0.25, -0.2) is 9.97 Å². The van der Waals surface area contributed by atoms with Gasteiger partial charge in [-0.1, -0.05) is 133 Å². The summed E-state index contributed by atoms with van der Waals surface area (Å²) in [4.78, 5) is 10.8. The van der Waals surface area contributed by atoms with E-state index in [9.17, 15) is 0 Å². The third-order valence-corrected chi connectivity index (χ3v) is 12.4. The van der Waals surface area contributed by atoms with Gasteiger partial charge in [-0.3, -0.25) is 0 Å². The zero-order valence-corrected chi connectivity index (χ0v) is 29.8. The molecule has 0 aliphatic heterocycles. The molecular formula is C50H29N3S. The molecule has 0 radical (unpaired) electrons. The molecule has 0 unspecified atom stereocenters. The Morgan fingerprint density at radius 3 is 1.96 bits per heavy atom. The molecular weight excluding hydrogens is 675 g/mol. The SMILES string of the molecule is c1ccc2cc3c(cc2c1)c1c2ccccc2ccc1n3-c1cc(-c2nc(-c3cccc4c3sc3ccccc34)c3ccccc3n2)c2ccccc2c1. The van der Waals surface area contributed by atoms with E-state index in [1.165, 1.54) is 63.5 Å². The van der Waals surface area contributed by atoms with Crippen LogP contribution in [0.15, 0.2) is 176 Å². The van der Waals surface area contributed by atoms with Crippen LogP contribution in [0.25, 0.3) is 114 Å². The summed E-state index contributed by atoms with van der Waals surface area (Å²) in [5.74, 6) is 0.719. The van der Waals surface area contributed by atoms with E-state index in [4.69, 9.17) is 9.97 Å². The van der Waals surface area contributed by atoms with Crippen LogP contribution in [0, 0.1) is 0 Å². The molecule has 3 nitrogen and oxygen atoms in total. The second-order valence-corrected chi connectivity index (χ2v) is 15.2. The zero-order valence-electron chi connectivity index (χ0n) is 29.0. The van der Waals surface area contributed by atoms with E-state index < -0.39 is 0 Å². The molecule has 0 aliphatic carbocycles. The predicted octanol–water partition coefficient (Wildman–Crippen LogP) is 13.9. The van der Waals surface area contributed by atoms with Crippen LogP contribution in [0.5, 0.6) is 0 Å². The van der Waals surface area contributed by atoms with Crippen LogP contribution in [-0.4, -0.2) is 14.5 Å². The maximum Gasteiger partial charge on any atom is 0.161 e. The predicted molar refractivity (Wildman–Crippen MR) is 230 cm³/mol. The number of thiophene rings is 1. The molecule has 0 spiro atoms. The maximum absolute atomic E-state index is 5.53. The van der Waals surface area contributed by atoms with Crippen molar-refractivity contribution in [2.24, 2.45) is 0 Å². The molecule has 9 aromatic carbocycles. The van der Waals surface area contributed by atoms with Crippen molar-refractivity contribution in [1.29, 1.82) is 0 Å². The minimum Gasteiger partial charge on any atom is -0.309 e. The van der Waals surface area contributed by atoms with Crippen LogP contribution in [0.3, 0.4) is 0 Å². The van der Waals surface area contributed by atoms with Crippen LogP contribution in [0.1, 0.15) is 0 Å². The number of rotatable bonds is 3. The third kappa shape index (κ3) is 4.29. The Morgan fingerprint density at radius 1 is 0.407 bits per heavy atom. The van der Waals surface area contributed by atoms with Gasteiger partial charge in [-0.2, -0.15) is 0 Å². The van der Waals surface area contributed by atoms with Crippen LogP contribution < -0.4 is 0 Å². The van der Waals surface area contributed by atoms with Crippen LogP contribution in [0.4, 0.5) is 0 Å². The summed E-state index contributed by atoms with van der Waals surface area (Å²) in [6.07, 6.45) is 0. The van der Waals surface area contributed by atoms with Gasteiger partial charge < -0.3 is 4.57 Å². The third-order valence-electron chi connectivity index (χ3n) is 11.1. The lowest BCUT2D eigenvalue weighted by atomic mass is 10.0. The van der Waals surface area contributed by atoms with E-state index in [2.05, 4.69) is 180 Å². The lowest BCUT2D eigenvalue weighted by Crippen LogP contribution is -1.99. The van der Waals surface area contributed by atoms with Crippen molar-refractivity contribution >= 4 is 96.5 Å². The summed E-state index contributed by atoms with van der Waals surface area (Å²) in [7, 11) is 0. The van der Waals surface area contributed by atoms with Crippen molar-refractivity contribution in [2.75, 3.05) is 0 Å². The quantitative estimate of drug-likeness (QED) is 0.183. The van der Waals surface area contributed by atoms with Crippen molar-refractivity contribution in [3.05, 3.63) is 176 Å². The molecule has 3 heterocycles. The topological polar surface area (TPSA) is 30.7 Å². The molecule has 0 N–H and O–H groups in total. The second-order valence-electron chi connectivity index (χ2n) is 14.1. The van der Waals surface area contributed by atoms with Crippen molar-refractivity contribution in [1.82, 2.24) is 14.5 Å². The van der Waals surface area contributed by atoms with E-state index >= 15 is 0 Å². The standard InChI is InChI=1S/C50H29N3S/c1-2-14-32-28-45-42(27-31(32)13-1)47-36-17-6-3-12-30(36)24-25-44(47)53(45)34-26-33-15-4-5-16-35(33)41(29-34)50-51-43-22-9-7-19-39(43)48(52-50)40-21-11-20-38-37-18-8-10-23-46(37)54-49(38)40/h1-29H. The van der Waals surface area contributed by atoms with Gasteiger partial charge in [0, 0.05) is 53.1 Å². The van der Waals surface area contributed by atoms with E-state index in [1.54, 1.807) is 0 Å². The van der Waals surface area contributed by atoms with Gasteiger partial charge >= 0.3 is 0 Å². The highest BCUT2D eigenvalue weighted by atomic mass is 32.1. The fraction of sp³-hybridized carbons (Fsp3) is 0. The maximum atomic E-state index is 5.53. The number of aromatic nitrogens is 3. The van der Waals surface area contributed by atoms with Gasteiger partial charge in [0.1, 0.15) is 0 Å². The molecule has 250 valence electrons. The van der Waals surface area contributed by atoms with Gasteiger partial charge in [0.15, 0.2) is 5.82 Å². The molecule has 3 aromatic heterocycles. The summed E-state index contributed by atoms with van der Waals surface area (Å²) >= 11 is 1.84. The highest BCUT2D eigenvalue weighted by molar-refractivity contribution is 7.26. The number of benzene rings is 9. The minimum atomic E-state index is 0.719. The molecule has 0 aliphatic rings. The normalized spacial score (nSPS) is 12.1. The lowest BCUT2D eigenvalue weighted by molar-refractivity contribution is 1.18. The second kappa shape index (κ2) is 11.3. The number of nitrogens with zero attached hydrogens (tertiary/aromatic N) is 3. The Morgan fingerprint density at radius 2 is 1.09 bits per heavy atom. The average Bonchev–Trinajstić information content (AvgIpc) is 3.78. The first-order chi connectivity index (χ1) is 26.8. The first-order valence-electron chi connectivity index (χ1n) is 18.3. The van der Waals surface area contributed by atoms with Crippen LogP contribution >= 0.6 is 11.3 Å². The fourth-order valence-corrected chi connectivity index (χ4v) is 9.91. The Balaban J connectivity index is 1.17. The Kier molecular flexibility index (Phi) is 6.21. The van der Waals surface area contributed by atoms with Gasteiger partial charge in [0.05, 0.1) is 22.2 Å². The lowest BCUT2D eigenvalue weighted by Gasteiger charge is -2.15. The van der Waals surface area contributed by atoms with Crippen molar-refractivity contribution in [3.8, 4) is 28.3 Å². The molecule has 4 heteroatoms. The summed E-state index contributed by atoms with van der Waals surface area (Å²) in [6.45, 7) is 0. The smallest absolute Gasteiger partial charge is 0.161 e.